The Morgan fingerprint density at radius 3 is 1.20 bits per heavy atom. The molecule has 0 aliphatic rings. The molecule has 1 aromatic rings. The van der Waals surface area contributed by atoms with Gasteiger partial charge in [-0.1, -0.05) is 36.4 Å². The van der Waals surface area contributed by atoms with Crippen LogP contribution < -0.4 is 0 Å². The van der Waals surface area contributed by atoms with Crippen molar-refractivity contribution in [1.29, 1.82) is 0 Å². The Labute approximate surface area is 98.9 Å². The van der Waals surface area contributed by atoms with Crippen molar-refractivity contribution in [3.63, 3.8) is 0 Å². The molecule has 0 amide bonds. The Kier molecular flexibility index (Phi) is 9.39. The normalized spacial score (nSPS) is 7.47. The molecule has 0 radical (unpaired) electrons. The molecule has 0 saturated carbocycles. The van der Waals surface area contributed by atoms with Crippen molar-refractivity contribution < 1.29 is 17.1 Å². The maximum absolute atomic E-state index is 3.62. The zero-order valence-electron chi connectivity index (χ0n) is 7.92. The van der Waals surface area contributed by atoms with Crippen LogP contribution in [-0.4, -0.2) is 20.6 Å². The van der Waals surface area contributed by atoms with Crippen LogP contribution in [0.5, 0.6) is 0 Å². The summed E-state index contributed by atoms with van der Waals surface area (Å²) in [5.41, 5.74) is 0. The van der Waals surface area contributed by atoms with Gasteiger partial charge in [-0.15, -0.1) is 10.2 Å². The third kappa shape index (κ3) is 8.74. The topological polar surface area (TPSA) is 51.6 Å². The molecule has 78 valence electrons. The van der Waals surface area contributed by atoms with Crippen LogP contribution in [0.3, 0.4) is 0 Å². The molecular formula is C10H10FeN4. The van der Waals surface area contributed by atoms with Gasteiger partial charge in [-0.3, -0.25) is 0 Å². The summed E-state index contributed by atoms with van der Waals surface area (Å²) in [7, 11) is 0. The number of rotatable bonds is 0. The number of hydrogen-bond acceptors (Lipinski definition) is 4. The van der Waals surface area contributed by atoms with Crippen molar-refractivity contribution in [2.75, 3.05) is 0 Å². The minimum atomic E-state index is 0. The van der Waals surface area contributed by atoms with Gasteiger partial charge in [0, 0.05) is 17.1 Å². The van der Waals surface area contributed by atoms with E-state index in [1.807, 2.05) is 36.4 Å². The van der Waals surface area contributed by atoms with E-state index in [-0.39, 0.29) is 17.1 Å². The van der Waals surface area contributed by atoms with E-state index in [1.54, 1.807) is 12.1 Å². The smallest absolute Gasteiger partial charge is 0.0514 e. The van der Waals surface area contributed by atoms with Gasteiger partial charge in [0.25, 0.3) is 0 Å². The number of hydrogen-bond donors (Lipinski definition) is 0. The molecule has 0 aliphatic heterocycles. The fraction of sp³-hybridized carbons (Fsp3) is 0. The Morgan fingerprint density at radius 1 is 0.467 bits per heavy atom. The summed E-state index contributed by atoms with van der Waals surface area (Å²) >= 11 is 0. The maximum atomic E-state index is 3.62. The molecule has 1 aromatic heterocycles. The van der Waals surface area contributed by atoms with E-state index < -0.39 is 0 Å². The quantitative estimate of drug-likeness (QED) is 0.647. The summed E-state index contributed by atoms with van der Waals surface area (Å²) in [4.78, 5) is 0. The average molecular weight is 242 g/mol. The van der Waals surface area contributed by atoms with Gasteiger partial charge in [-0.2, -0.15) is 0 Å². The van der Waals surface area contributed by atoms with Gasteiger partial charge >= 0.3 is 0 Å². The van der Waals surface area contributed by atoms with Crippen molar-refractivity contribution in [3.05, 3.63) is 60.9 Å². The predicted octanol–water partition coefficient (Wildman–Crippen LogP) is 1.51. The molecule has 0 unspecified atom stereocenters. The van der Waals surface area contributed by atoms with E-state index in [9.17, 15) is 0 Å². The van der Waals surface area contributed by atoms with Gasteiger partial charge in [0.2, 0.25) is 0 Å². The van der Waals surface area contributed by atoms with E-state index in [1.165, 1.54) is 12.4 Å². The summed E-state index contributed by atoms with van der Waals surface area (Å²) < 4.78 is 0. The Hall–Kier alpha value is -1.58. The standard InChI is InChI=1S/C10H10N4.Fe/c1-2-4-6-8-10-12-14-13-11-9-7-5-3-1;/h1-10H;. The van der Waals surface area contributed by atoms with Gasteiger partial charge in [-0.25, -0.2) is 0 Å². The SMILES string of the molecule is [Fe].c1cccccnnnncccc1. The summed E-state index contributed by atoms with van der Waals surface area (Å²) in [5.74, 6) is 0. The first-order chi connectivity index (χ1) is 7.00. The molecule has 4 nitrogen and oxygen atoms in total. The van der Waals surface area contributed by atoms with Crippen LogP contribution in [0.4, 0.5) is 0 Å². The van der Waals surface area contributed by atoms with Crippen molar-refractivity contribution in [2.24, 2.45) is 0 Å². The molecular weight excluding hydrogens is 232 g/mol. The van der Waals surface area contributed by atoms with E-state index in [0.717, 1.165) is 0 Å². The Balaban J connectivity index is 0.00000196. The first-order valence-corrected chi connectivity index (χ1v) is 4.12. The van der Waals surface area contributed by atoms with Crippen molar-refractivity contribution >= 4 is 0 Å². The third-order valence-corrected chi connectivity index (χ3v) is 1.23. The van der Waals surface area contributed by atoms with Crippen molar-refractivity contribution in [1.82, 2.24) is 20.6 Å². The molecule has 0 bridgehead atoms. The van der Waals surface area contributed by atoms with Crippen LogP contribution in [-0.2, 0) is 17.1 Å². The van der Waals surface area contributed by atoms with Gasteiger partial charge in [0.1, 0.15) is 0 Å². The first-order valence-electron chi connectivity index (χ1n) is 4.12. The monoisotopic (exact) mass is 242 g/mol. The van der Waals surface area contributed by atoms with E-state index in [2.05, 4.69) is 20.6 Å². The largest absolute Gasteiger partial charge is 0.137 e. The second-order valence-electron chi connectivity index (χ2n) is 2.25. The van der Waals surface area contributed by atoms with Gasteiger partial charge in [0.05, 0.1) is 12.4 Å². The summed E-state index contributed by atoms with van der Waals surface area (Å²) in [5, 5.41) is 14.1. The van der Waals surface area contributed by atoms with Crippen LogP contribution in [0.1, 0.15) is 0 Å². The molecule has 0 atom stereocenters. The number of nitrogens with zero attached hydrogens (tertiary/aromatic N) is 4. The van der Waals surface area contributed by atoms with Gasteiger partial charge in [0.15, 0.2) is 0 Å². The molecule has 1 heterocycles. The molecule has 0 N–H and O–H groups in total. The molecule has 15 heavy (non-hydrogen) atoms. The average Bonchev–Trinajstić information content (AvgIpc) is 2.22. The predicted molar refractivity (Wildman–Crippen MR) is 52.9 cm³/mol. The minimum Gasteiger partial charge on any atom is -0.137 e. The molecule has 0 spiro atoms. The van der Waals surface area contributed by atoms with Gasteiger partial charge in [-0.05, 0) is 22.6 Å². The zero-order chi connectivity index (χ0) is 9.90. The van der Waals surface area contributed by atoms with E-state index in [0.29, 0.717) is 0 Å². The second-order valence-corrected chi connectivity index (χ2v) is 2.25. The fourth-order valence-corrected chi connectivity index (χ4v) is 0.667. The molecule has 0 aromatic carbocycles. The third-order valence-electron chi connectivity index (χ3n) is 1.23. The van der Waals surface area contributed by atoms with Crippen LogP contribution >= 0.6 is 0 Å². The van der Waals surface area contributed by atoms with Crippen LogP contribution in [0.2, 0.25) is 0 Å². The number of aromatic nitrogens is 4. The summed E-state index contributed by atoms with van der Waals surface area (Å²) in [6, 6.07) is 14.8. The fourth-order valence-electron chi connectivity index (χ4n) is 0.667. The zero-order valence-corrected chi connectivity index (χ0v) is 9.02. The molecule has 5 heteroatoms. The molecule has 0 saturated heterocycles. The Bertz CT molecular complexity index is 230. The molecule has 0 fully saturated rings. The van der Waals surface area contributed by atoms with E-state index >= 15 is 0 Å². The summed E-state index contributed by atoms with van der Waals surface area (Å²) in [6.07, 6.45) is 3.07. The second kappa shape index (κ2) is 10.5. The Morgan fingerprint density at radius 2 is 0.800 bits per heavy atom. The van der Waals surface area contributed by atoms with Crippen molar-refractivity contribution in [3.8, 4) is 0 Å². The minimum absolute atomic E-state index is 0. The van der Waals surface area contributed by atoms with Crippen LogP contribution in [0.15, 0.2) is 60.9 Å². The van der Waals surface area contributed by atoms with Gasteiger partial charge < -0.3 is 0 Å². The summed E-state index contributed by atoms with van der Waals surface area (Å²) in [6.45, 7) is 0. The first kappa shape index (κ1) is 13.4. The van der Waals surface area contributed by atoms with Crippen LogP contribution in [0, 0.1) is 0 Å². The van der Waals surface area contributed by atoms with Crippen molar-refractivity contribution in [2.45, 2.75) is 0 Å². The van der Waals surface area contributed by atoms with E-state index in [4.69, 9.17) is 0 Å². The maximum Gasteiger partial charge on any atom is 0.0514 e. The van der Waals surface area contributed by atoms with Crippen LogP contribution in [0.25, 0.3) is 0 Å². The molecule has 0 aliphatic carbocycles. The molecule has 1 rings (SSSR count).